The Labute approximate surface area is 120 Å². The van der Waals surface area contributed by atoms with Crippen LogP contribution < -0.4 is 11.1 Å². The van der Waals surface area contributed by atoms with Gasteiger partial charge in [-0.25, -0.2) is 0 Å². The Bertz CT molecular complexity index is 728. The van der Waals surface area contributed by atoms with Gasteiger partial charge in [0.25, 0.3) is 11.6 Å². The van der Waals surface area contributed by atoms with Gasteiger partial charge in [-0.15, -0.1) is 0 Å². The molecule has 0 aliphatic heterocycles. The third-order valence-corrected chi connectivity index (χ3v) is 2.96. The van der Waals surface area contributed by atoms with E-state index in [0.29, 0.717) is 11.3 Å². The number of nitrogen functional groups attached to an aromatic ring is 1. The maximum atomic E-state index is 12.1. The number of rotatable bonds is 3. The molecule has 0 saturated heterocycles. The highest BCUT2D eigenvalue weighted by atomic mass is 16.6. The predicted octanol–water partition coefficient (Wildman–Crippen LogP) is 2.44. The van der Waals surface area contributed by atoms with Crippen molar-refractivity contribution in [2.75, 3.05) is 11.1 Å². The minimum absolute atomic E-state index is 0.0114. The molecule has 0 aliphatic carbocycles. The number of nitrogens with zero attached hydrogens (tertiary/aromatic N) is 1. The molecule has 7 heteroatoms. The molecule has 1 amide bonds. The minimum atomic E-state index is -0.677. The third-order valence-electron chi connectivity index (χ3n) is 2.96. The summed E-state index contributed by atoms with van der Waals surface area (Å²) in [7, 11) is 0. The van der Waals surface area contributed by atoms with Crippen LogP contribution in [0.15, 0.2) is 36.4 Å². The van der Waals surface area contributed by atoms with Gasteiger partial charge in [0.2, 0.25) is 0 Å². The van der Waals surface area contributed by atoms with Gasteiger partial charge in [0, 0.05) is 11.3 Å². The Morgan fingerprint density at radius 1 is 1.29 bits per heavy atom. The van der Waals surface area contributed by atoms with Gasteiger partial charge in [-0.3, -0.25) is 14.9 Å². The largest absolute Gasteiger partial charge is 0.508 e. The molecule has 4 N–H and O–H groups in total. The highest BCUT2D eigenvalue weighted by molar-refractivity contribution is 6.05. The summed E-state index contributed by atoms with van der Waals surface area (Å²) in [5, 5.41) is 22.6. The minimum Gasteiger partial charge on any atom is -0.508 e. The van der Waals surface area contributed by atoms with Crippen molar-refractivity contribution in [3.63, 3.8) is 0 Å². The van der Waals surface area contributed by atoms with Crippen molar-refractivity contribution in [1.29, 1.82) is 0 Å². The van der Waals surface area contributed by atoms with Gasteiger partial charge in [-0.1, -0.05) is 0 Å². The number of phenolic OH excluding ortho intramolecular Hbond substituents is 1. The Morgan fingerprint density at radius 2 is 2.00 bits per heavy atom. The molecule has 0 radical (unpaired) electrons. The van der Waals surface area contributed by atoms with Gasteiger partial charge < -0.3 is 16.2 Å². The fourth-order valence-electron chi connectivity index (χ4n) is 1.79. The van der Waals surface area contributed by atoms with Crippen molar-refractivity contribution >= 4 is 23.0 Å². The predicted molar refractivity (Wildman–Crippen MR) is 78.3 cm³/mol. The number of carbonyl (C=O) groups excluding carboxylic acids is 1. The molecule has 7 nitrogen and oxygen atoms in total. The number of benzene rings is 2. The standard InChI is InChI=1S/C14H13N3O4/c1-8-6-9(2-4-11(8)15)14(19)16-12-5-3-10(18)7-13(12)17(20)21/h2-7,18H,15H2,1H3,(H,16,19). The van der Waals surface area contributed by atoms with Crippen LogP contribution in [-0.2, 0) is 0 Å². The second kappa shape index (κ2) is 5.49. The lowest BCUT2D eigenvalue weighted by atomic mass is 10.1. The van der Waals surface area contributed by atoms with Crippen molar-refractivity contribution in [1.82, 2.24) is 0 Å². The van der Waals surface area contributed by atoms with E-state index in [1.54, 1.807) is 19.1 Å². The number of nitro groups is 1. The molecule has 0 bridgehead atoms. The Morgan fingerprint density at radius 3 is 2.62 bits per heavy atom. The third kappa shape index (κ3) is 3.08. The normalized spacial score (nSPS) is 10.1. The number of amides is 1. The number of aromatic hydroxyl groups is 1. The van der Waals surface area contributed by atoms with E-state index in [0.717, 1.165) is 11.6 Å². The van der Waals surface area contributed by atoms with Crippen LogP contribution in [0.3, 0.4) is 0 Å². The molecule has 21 heavy (non-hydrogen) atoms. The van der Waals surface area contributed by atoms with E-state index in [4.69, 9.17) is 5.73 Å². The summed E-state index contributed by atoms with van der Waals surface area (Å²) in [6.45, 7) is 1.76. The average molecular weight is 287 g/mol. The molecule has 0 heterocycles. The van der Waals surface area contributed by atoms with Crippen LogP contribution in [0.5, 0.6) is 5.75 Å². The van der Waals surface area contributed by atoms with Crippen LogP contribution in [0.4, 0.5) is 17.1 Å². The van der Waals surface area contributed by atoms with Gasteiger partial charge in [0.15, 0.2) is 0 Å². The molecule has 2 aromatic rings. The zero-order valence-corrected chi connectivity index (χ0v) is 11.2. The van der Waals surface area contributed by atoms with Crippen LogP contribution >= 0.6 is 0 Å². The Balaban J connectivity index is 2.31. The van der Waals surface area contributed by atoms with E-state index >= 15 is 0 Å². The van der Waals surface area contributed by atoms with Gasteiger partial charge in [-0.2, -0.15) is 0 Å². The summed E-state index contributed by atoms with van der Waals surface area (Å²) in [5.41, 5.74) is 6.94. The topological polar surface area (TPSA) is 118 Å². The van der Waals surface area contributed by atoms with Gasteiger partial charge in [-0.05, 0) is 42.8 Å². The molecule has 0 aromatic heterocycles. The Kier molecular flexibility index (Phi) is 3.75. The molecule has 0 unspecified atom stereocenters. The first-order valence-electron chi connectivity index (χ1n) is 6.03. The van der Waals surface area contributed by atoms with Crippen molar-refractivity contribution in [2.24, 2.45) is 0 Å². The van der Waals surface area contributed by atoms with E-state index in [-0.39, 0.29) is 17.1 Å². The molecule has 0 fully saturated rings. The number of hydrogen-bond acceptors (Lipinski definition) is 5. The quantitative estimate of drug-likeness (QED) is 0.347. The van der Waals surface area contributed by atoms with Crippen molar-refractivity contribution in [3.8, 4) is 5.75 Å². The van der Waals surface area contributed by atoms with Crippen LogP contribution in [0, 0.1) is 17.0 Å². The van der Waals surface area contributed by atoms with E-state index in [1.165, 1.54) is 18.2 Å². The van der Waals surface area contributed by atoms with Crippen LogP contribution in [-0.4, -0.2) is 15.9 Å². The van der Waals surface area contributed by atoms with Crippen molar-refractivity contribution in [2.45, 2.75) is 6.92 Å². The van der Waals surface area contributed by atoms with Crippen molar-refractivity contribution < 1.29 is 14.8 Å². The number of aryl methyl sites for hydroxylation is 1. The number of phenols is 1. The summed E-state index contributed by atoms with van der Waals surface area (Å²) in [5.74, 6) is -0.741. The lowest BCUT2D eigenvalue weighted by molar-refractivity contribution is -0.384. The fraction of sp³-hybridized carbons (Fsp3) is 0.0714. The van der Waals surface area contributed by atoms with E-state index in [2.05, 4.69) is 5.32 Å². The number of hydrogen-bond donors (Lipinski definition) is 3. The zero-order chi connectivity index (χ0) is 15.6. The average Bonchev–Trinajstić information content (AvgIpc) is 2.43. The maximum absolute atomic E-state index is 12.1. The lowest BCUT2D eigenvalue weighted by Crippen LogP contribution is -2.13. The zero-order valence-electron chi connectivity index (χ0n) is 11.2. The van der Waals surface area contributed by atoms with Crippen LogP contribution in [0.25, 0.3) is 0 Å². The highest BCUT2D eigenvalue weighted by Crippen LogP contribution is 2.28. The first kappa shape index (κ1) is 14.3. The van der Waals surface area contributed by atoms with Gasteiger partial charge >= 0.3 is 0 Å². The van der Waals surface area contributed by atoms with Gasteiger partial charge in [0.05, 0.1) is 11.0 Å². The fourth-order valence-corrected chi connectivity index (χ4v) is 1.79. The summed E-state index contributed by atoms with van der Waals surface area (Å²) >= 11 is 0. The first-order chi connectivity index (χ1) is 9.88. The molecule has 0 saturated carbocycles. The van der Waals surface area contributed by atoms with Crippen LogP contribution in [0.1, 0.15) is 15.9 Å². The summed E-state index contributed by atoms with van der Waals surface area (Å²) < 4.78 is 0. The lowest BCUT2D eigenvalue weighted by Gasteiger charge is -2.08. The molecule has 0 atom stereocenters. The highest BCUT2D eigenvalue weighted by Gasteiger charge is 2.17. The summed E-state index contributed by atoms with van der Waals surface area (Å²) in [6, 6.07) is 8.23. The number of anilines is 2. The van der Waals surface area contributed by atoms with Gasteiger partial charge in [0.1, 0.15) is 11.4 Å². The van der Waals surface area contributed by atoms with E-state index < -0.39 is 10.8 Å². The SMILES string of the molecule is Cc1cc(C(=O)Nc2ccc(O)cc2[N+](=O)[O-])ccc1N. The molecule has 0 spiro atoms. The maximum Gasteiger partial charge on any atom is 0.296 e. The first-order valence-corrected chi connectivity index (χ1v) is 6.03. The molecule has 2 aromatic carbocycles. The van der Waals surface area contributed by atoms with Crippen molar-refractivity contribution in [3.05, 3.63) is 57.6 Å². The Hall–Kier alpha value is -3.09. The van der Waals surface area contributed by atoms with Crippen LogP contribution in [0.2, 0.25) is 0 Å². The summed E-state index contributed by atoms with van der Waals surface area (Å²) in [4.78, 5) is 22.3. The monoisotopic (exact) mass is 287 g/mol. The van der Waals surface area contributed by atoms with E-state index in [9.17, 15) is 20.0 Å². The van der Waals surface area contributed by atoms with E-state index in [1.807, 2.05) is 0 Å². The summed E-state index contributed by atoms with van der Waals surface area (Å²) in [6.07, 6.45) is 0. The molecular weight excluding hydrogens is 274 g/mol. The molecule has 2 rings (SSSR count). The molecular formula is C14H13N3O4. The molecule has 108 valence electrons. The number of nitrogens with one attached hydrogen (secondary N) is 1. The second-order valence-corrected chi connectivity index (χ2v) is 4.48. The number of nitro benzene ring substituents is 1. The number of carbonyl (C=O) groups is 1. The second-order valence-electron chi connectivity index (χ2n) is 4.48. The molecule has 0 aliphatic rings. The smallest absolute Gasteiger partial charge is 0.296 e. The number of nitrogens with two attached hydrogens (primary N) is 1.